The van der Waals surface area contributed by atoms with Gasteiger partial charge in [-0.25, -0.2) is 17.9 Å². The normalized spacial score (nSPS) is 11.2. The summed E-state index contributed by atoms with van der Waals surface area (Å²) in [5.74, 6) is -1.27. The third kappa shape index (κ3) is 3.78. The topological polar surface area (TPSA) is 98.5 Å². The molecule has 0 spiro atoms. The molecule has 0 amide bonds. The molecule has 0 radical (unpaired) electrons. The van der Waals surface area contributed by atoms with E-state index in [0.717, 1.165) is 7.11 Å². The Hall–Kier alpha value is -2.55. The van der Waals surface area contributed by atoms with Crippen LogP contribution in [0.15, 0.2) is 57.9 Å². The summed E-state index contributed by atoms with van der Waals surface area (Å²) < 4.78 is 37.1. The predicted octanol–water partition coefficient (Wildman–Crippen LogP) is 4.24. The molecule has 1 N–H and O–H groups in total. The van der Waals surface area contributed by atoms with Gasteiger partial charge in [0.25, 0.3) is 15.9 Å². The van der Waals surface area contributed by atoms with Crippen molar-refractivity contribution in [2.75, 3.05) is 11.8 Å². The number of aromatic nitrogens is 1. The SMILES string of the molecule is COC(=O)c1c(-c2c(Cl)cccc2Cl)noc1NS(=O)(=O)c1ccccc1. The van der Waals surface area contributed by atoms with Crippen LogP contribution in [-0.2, 0) is 14.8 Å². The second-order valence-electron chi connectivity index (χ2n) is 5.24. The number of carbonyl (C=O) groups excluding carboxylic acids is 1. The number of nitrogens with one attached hydrogen (secondary N) is 1. The fourth-order valence-electron chi connectivity index (χ4n) is 2.33. The number of methoxy groups -OCH3 is 1. The van der Waals surface area contributed by atoms with E-state index in [0.29, 0.717) is 0 Å². The number of hydrogen-bond acceptors (Lipinski definition) is 6. The van der Waals surface area contributed by atoms with Gasteiger partial charge in [0, 0.05) is 5.56 Å². The van der Waals surface area contributed by atoms with Crippen LogP contribution >= 0.6 is 23.2 Å². The number of sulfonamides is 1. The number of hydrogen-bond donors (Lipinski definition) is 1. The average Bonchev–Trinajstić information content (AvgIpc) is 3.04. The maximum absolute atomic E-state index is 12.5. The highest BCUT2D eigenvalue weighted by atomic mass is 35.5. The first kappa shape index (κ1) is 19.2. The Labute approximate surface area is 164 Å². The van der Waals surface area contributed by atoms with Crippen molar-refractivity contribution in [1.82, 2.24) is 5.16 Å². The molecular weight excluding hydrogens is 415 g/mol. The van der Waals surface area contributed by atoms with Crippen LogP contribution in [0.2, 0.25) is 10.0 Å². The van der Waals surface area contributed by atoms with E-state index in [4.69, 9.17) is 32.5 Å². The van der Waals surface area contributed by atoms with Crippen molar-refractivity contribution in [3.63, 3.8) is 0 Å². The van der Waals surface area contributed by atoms with Gasteiger partial charge in [0.2, 0.25) is 0 Å². The van der Waals surface area contributed by atoms with E-state index in [1.807, 2.05) is 0 Å². The predicted molar refractivity (Wildman–Crippen MR) is 101 cm³/mol. The molecule has 0 saturated heterocycles. The van der Waals surface area contributed by atoms with Crippen molar-refractivity contribution in [2.45, 2.75) is 4.90 Å². The third-order valence-corrected chi connectivity index (χ3v) is 5.54. The minimum absolute atomic E-state index is 0.0189. The highest BCUT2D eigenvalue weighted by Crippen LogP contribution is 2.39. The number of rotatable bonds is 5. The second-order valence-corrected chi connectivity index (χ2v) is 7.74. The van der Waals surface area contributed by atoms with Gasteiger partial charge >= 0.3 is 5.97 Å². The molecule has 140 valence electrons. The Morgan fingerprint density at radius 3 is 2.30 bits per heavy atom. The number of nitrogens with zero attached hydrogens (tertiary/aromatic N) is 1. The van der Waals surface area contributed by atoms with Crippen LogP contribution in [-0.4, -0.2) is 26.7 Å². The number of benzene rings is 2. The number of halogens is 2. The molecule has 0 bridgehead atoms. The van der Waals surface area contributed by atoms with Crippen LogP contribution in [0, 0.1) is 0 Å². The van der Waals surface area contributed by atoms with E-state index in [1.54, 1.807) is 36.4 Å². The van der Waals surface area contributed by atoms with Crippen LogP contribution < -0.4 is 4.72 Å². The van der Waals surface area contributed by atoms with E-state index in [9.17, 15) is 13.2 Å². The standard InChI is InChI=1S/C17H12Cl2N2O5S/c1-25-17(22)14-15(13-11(18)8-5-9-12(13)19)20-26-16(14)21-27(23,24)10-6-3-2-4-7-10/h2-9,21H,1H3. The summed E-state index contributed by atoms with van der Waals surface area (Å²) in [6.45, 7) is 0. The van der Waals surface area contributed by atoms with E-state index < -0.39 is 21.9 Å². The molecule has 3 rings (SSSR count). The first-order valence-corrected chi connectivity index (χ1v) is 9.69. The lowest BCUT2D eigenvalue weighted by molar-refractivity contribution is 0.0602. The molecule has 7 nitrogen and oxygen atoms in total. The van der Waals surface area contributed by atoms with Crippen LogP contribution in [0.5, 0.6) is 0 Å². The first-order valence-electron chi connectivity index (χ1n) is 7.45. The van der Waals surface area contributed by atoms with Gasteiger partial charge in [-0.2, -0.15) is 0 Å². The summed E-state index contributed by atoms with van der Waals surface area (Å²) in [4.78, 5) is 12.3. The Bertz CT molecular complexity index is 1080. The second kappa shape index (κ2) is 7.59. The monoisotopic (exact) mass is 426 g/mol. The molecule has 3 aromatic rings. The zero-order valence-electron chi connectivity index (χ0n) is 13.8. The summed E-state index contributed by atoms with van der Waals surface area (Å²) in [6.07, 6.45) is 0. The maximum Gasteiger partial charge on any atom is 0.345 e. The van der Waals surface area contributed by atoms with Crippen molar-refractivity contribution in [3.05, 3.63) is 64.1 Å². The average molecular weight is 427 g/mol. The largest absolute Gasteiger partial charge is 0.465 e. The molecule has 0 aliphatic heterocycles. The highest BCUT2D eigenvalue weighted by molar-refractivity contribution is 7.92. The van der Waals surface area contributed by atoms with Gasteiger partial charge < -0.3 is 9.26 Å². The fourth-order valence-corrected chi connectivity index (χ4v) is 3.92. The lowest BCUT2D eigenvalue weighted by Gasteiger charge is -2.08. The first-order chi connectivity index (χ1) is 12.8. The van der Waals surface area contributed by atoms with Crippen molar-refractivity contribution in [2.24, 2.45) is 0 Å². The van der Waals surface area contributed by atoms with Gasteiger partial charge in [-0.15, -0.1) is 0 Å². The smallest absolute Gasteiger partial charge is 0.345 e. The van der Waals surface area contributed by atoms with Gasteiger partial charge in [0.05, 0.1) is 22.1 Å². The Morgan fingerprint density at radius 1 is 1.07 bits per heavy atom. The van der Waals surface area contributed by atoms with Gasteiger partial charge in [-0.3, -0.25) is 0 Å². The van der Waals surface area contributed by atoms with E-state index >= 15 is 0 Å². The molecule has 10 heteroatoms. The molecule has 0 atom stereocenters. The van der Waals surface area contributed by atoms with Gasteiger partial charge in [-0.05, 0) is 24.3 Å². The minimum atomic E-state index is -4.02. The lowest BCUT2D eigenvalue weighted by Crippen LogP contribution is -2.15. The molecule has 0 unspecified atom stereocenters. The van der Waals surface area contributed by atoms with Crippen molar-refractivity contribution >= 4 is 45.1 Å². The van der Waals surface area contributed by atoms with E-state index in [1.165, 1.54) is 12.1 Å². The molecule has 1 aromatic heterocycles. The van der Waals surface area contributed by atoms with Crippen molar-refractivity contribution in [1.29, 1.82) is 0 Å². The number of carbonyl (C=O) groups is 1. The summed E-state index contributed by atoms with van der Waals surface area (Å²) in [5.41, 5.74) is -0.0645. The van der Waals surface area contributed by atoms with E-state index in [-0.39, 0.29) is 31.8 Å². The molecule has 1 heterocycles. The van der Waals surface area contributed by atoms with Crippen molar-refractivity contribution in [3.8, 4) is 11.3 Å². The van der Waals surface area contributed by atoms with Crippen molar-refractivity contribution < 1.29 is 22.5 Å². The van der Waals surface area contributed by atoms with Gasteiger partial charge in [-0.1, -0.05) is 52.6 Å². The molecule has 27 heavy (non-hydrogen) atoms. The third-order valence-electron chi connectivity index (χ3n) is 3.56. The lowest BCUT2D eigenvalue weighted by atomic mass is 10.1. The Balaban J connectivity index is 2.13. The van der Waals surface area contributed by atoms with Gasteiger partial charge in [0.1, 0.15) is 5.69 Å². The summed E-state index contributed by atoms with van der Waals surface area (Å²) in [5, 5.41) is 4.20. The van der Waals surface area contributed by atoms with Crippen LogP contribution in [0.3, 0.4) is 0 Å². The summed E-state index contributed by atoms with van der Waals surface area (Å²) >= 11 is 12.3. The summed E-state index contributed by atoms with van der Waals surface area (Å²) in [7, 11) is -2.88. The molecule has 0 fully saturated rings. The number of anilines is 1. The van der Waals surface area contributed by atoms with Crippen LogP contribution in [0.4, 0.5) is 5.88 Å². The van der Waals surface area contributed by atoms with E-state index in [2.05, 4.69) is 9.88 Å². The molecule has 0 aliphatic carbocycles. The zero-order valence-corrected chi connectivity index (χ0v) is 16.1. The minimum Gasteiger partial charge on any atom is -0.465 e. The summed E-state index contributed by atoms with van der Waals surface area (Å²) in [6, 6.07) is 12.3. The number of ether oxygens (including phenoxy) is 1. The zero-order chi connectivity index (χ0) is 19.6. The Kier molecular flexibility index (Phi) is 5.41. The fraction of sp³-hybridized carbons (Fsp3) is 0.0588. The molecular formula is C17H12Cl2N2O5S. The quantitative estimate of drug-likeness (QED) is 0.612. The molecule has 0 saturated carbocycles. The molecule has 0 aliphatic rings. The van der Waals surface area contributed by atoms with Gasteiger partial charge in [0.15, 0.2) is 5.56 Å². The Morgan fingerprint density at radius 2 is 1.70 bits per heavy atom. The highest BCUT2D eigenvalue weighted by Gasteiger charge is 2.30. The maximum atomic E-state index is 12.5. The number of esters is 1. The molecule has 2 aromatic carbocycles. The van der Waals surface area contributed by atoms with Crippen LogP contribution in [0.1, 0.15) is 10.4 Å². The van der Waals surface area contributed by atoms with Crippen LogP contribution in [0.25, 0.3) is 11.3 Å².